The zero-order valence-corrected chi connectivity index (χ0v) is 39.0. The third-order valence-corrected chi connectivity index (χ3v) is 15.1. The van der Waals surface area contributed by atoms with Crippen molar-refractivity contribution in [1.82, 2.24) is 45.2 Å². The highest BCUT2D eigenvalue weighted by atomic mass is 19.1. The Kier molecular flexibility index (Phi) is 12.1. The number of nitrogens with one attached hydrogen (secondary N) is 2. The molecule has 3 aromatic carbocycles. The summed E-state index contributed by atoms with van der Waals surface area (Å²) in [6.07, 6.45) is 6.43. The second-order valence-electron chi connectivity index (χ2n) is 19.4. The number of aromatic hydroxyl groups is 1. The fraction of sp³-hybridized carbons (Fsp3) is 0.471. The van der Waals surface area contributed by atoms with Gasteiger partial charge in [-0.05, 0) is 79.4 Å². The molecule has 360 valence electrons. The molecule has 2 aromatic heterocycles. The molecule has 5 aliphatic heterocycles. The fourth-order valence-electron chi connectivity index (χ4n) is 11.2. The number of fused-ring (bicyclic) bond motifs is 5. The third-order valence-electron chi connectivity index (χ3n) is 15.1. The maximum Gasteiger partial charge on any atom is 0.319 e. The topological polar surface area (TPSA) is 186 Å². The van der Waals surface area contributed by atoms with Gasteiger partial charge in [0, 0.05) is 108 Å². The number of ether oxygens (including phenoxy) is 2. The van der Waals surface area contributed by atoms with E-state index in [0.717, 1.165) is 106 Å². The average Bonchev–Trinajstić information content (AvgIpc) is 3.80. The third kappa shape index (κ3) is 8.72. The first kappa shape index (κ1) is 45.1. The number of aryl methyl sites for hydroxylation is 1. The fourth-order valence-corrected chi connectivity index (χ4v) is 11.2. The highest BCUT2D eigenvalue weighted by Crippen LogP contribution is 2.40. The molecule has 0 spiro atoms. The van der Waals surface area contributed by atoms with Gasteiger partial charge in [-0.1, -0.05) is 25.1 Å². The molecule has 18 heteroatoms. The number of rotatable bonds is 14. The summed E-state index contributed by atoms with van der Waals surface area (Å²) in [7, 11) is 2.14. The zero-order valence-electron chi connectivity index (χ0n) is 39.0. The molecule has 1 saturated carbocycles. The SMILES string of the molecule is CCc1cccc2cc(O)cc(-c3ncc4c(N5CC6CCC(C5)N6)nc(OCCN5CCN(CCN(C)C6CC(Oc7ccc8c(c7)C(=O)N(C7CCC(=O)NC7=O)C8=O)C6)CC5)nc4c3F)c12. The minimum absolute atomic E-state index is 0.0171. The lowest BCUT2D eigenvalue weighted by atomic mass is 9.88. The Morgan fingerprint density at radius 1 is 0.884 bits per heavy atom. The zero-order chi connectivity index (χ0) is 47.5. The van der Waals surface area contributed by atoms with Gasteiger partial charge in [0.15, 0.2) is 5.82 Å². The van der Waals surface area contributed by atoms with Crippen LogP contribution in [-0.2, 0) is 16.0 Å². The van der Waals surface area contributed by atoms with Crippen molar-refractivity contribution in [3.63, 3.8) is 0 Å². The molecule has 3 N–H and O–H groups in total. The van der Waals surface area contributed by atoms with Gasteiger partial charge in [-0.3, -0.25) is 44.2 Å². The standard InChI is InChI=1S/C51H57FN10O7/c1-3-29-5-4-6-30-21-34(63)24-39(43(29)30)45-44(52)46-40(26-53-45)47(61-27-31-7-8-32(28-61)54-31)57-51(56-46)68-20-19-60-17-15-59(16-18-60)14-13-58(2)33-22-36(23-33)69-35-9-10-37-38(25-35)50(67)62(49(37)66)41-11-12-42(64)55-48(41)65/h4-6,9-10,21,24-26,31-33,36,41,54,63H,3,7-8,11-20,22-23,27-28H2,1-2H3,(H,55,64,65). The number of benzene rings is 3. The Morgan fingerprint density at radius 2 is 1.64 bits per heavy atom. The van der Waals surface area contributed by atoms with Gasteiger partial charge in [-0.2, -0.15) is 9.97 Å². The number of pyridine rings is 1. The van der Waals surface area contributed by atoms with Crippen LogP contribution in [0.2, 0.25) is 0 Å². The monoisotopic (exact) mass is 940 g/mol. The number of hydrogen-bond donors (Lipinski definition) is 3. The van der Waals surface area contributed by atoms with Gasteiger partial charge in [-0.15, -0.1) is 0 Å². The van der Waals surface area contributed by atoms with E-state index in [9.17, 15) is 24.3 Å². The van der Waals surface area contributed by atoms with Crippen LogP contribution in [0.15, 0.2) is 54.7 Å². The van der Waals surface area contributed by atoms with E-state index in [4.69, 9.17) is 24.4 Å². The number of piperidine rings is 1. The number of amides is 4. The van der Waals surface area contributed by atoms with Gasteiger partial charge < -0.3 is 29.7 Å². The Hall–Kier alpha value is -6.34. The number of hydrogen-bond acceptors (Lipinski definition) is 15. The van der Waals surface area contributed by atoms with Gasteiger partial charge in [0.25, 0.3) is 11.8 Å². The lowest BCUT2D eigenvalue weighted by Gasteiger charge is -2.42. The second-order valence-corrected chi connectivity index (χ2v) is 19.4. The van der Waals surface area contributed by atoms with Crippen LogP contribution < -0.4 is 25.0 Å². The number of carbonyl (C=O) groups is 4. The van der Waals surface area contributed by atoms with Crippen LogP contribution in [0, 0.1) is 5.82 Å². The summed E-state index contributed by atoms with van der Waals surface area (Å²) in [6.45, 7) is 10.1. The predicted octanol–water partition coefficient (Wildman–Crippen LogP) is 4.13. The second kappa shape index (κ2) is 18.5. The summed E-state index contributed by atoms with van der Waals surface area (Å²) in [4.78, 5) is 75.2. The van der Waals surface area contributed by atoms with E-state index in [1.54, 1.807) is 36.5 Å². The summed E-state index contributed by atoms with van der Waals surface area (Å²) < 4.78 is 29.5. The van der Waals surface area contributed by atoms with Crippen molar-refractivity contribution in [2.45, 2.75) is 82.1 Å². The van der Waals surface area contributed by atoms with Crippen molar-refractivity contribution in [3.05, 3.63) is 77.2 Å². The summed E-state index contributed by atoms with van der Waals surface area (Å²) >= 11 is 0. The first-order chi connectivity index (χ1) is 33.5. The average molecular weight is 941 g/mol. The van der Waals surface area contributed by atoms with Crippen LogP contribution in [0.25, 0.3) is 32.9 Å². The number of carbonyl (C=O) groups excluding carboxylic acids is 4. The minimum atomic E-state index is -1.01. The molecule has 0 radical (unpaired) electrons. The number of aromatic nitrogens is 3. The molecule has 17 nitrogen and oxygen atoms in total. The van der Waals surface area contributed by atoms with Gasteiger partial charge >= 0.3 is 6.01 Å². The van der Waals surface area contributed by atoms with Crippen LogP contribution in [0.5, 0.6) is 17.5 Å². The lowest BCUT2D eigenvalue weighted by molar-refractivity contribution is -0.136. The predicted molar refractivity (Wildman–Crippen MR) is 255 cm³/mol. The van der Waals surface area contributed by atoms with E-state index in [1.165, 1.54) is 0 Å². The molecule has 5 fully saturated rings. The Balaban J connectivity index is 0.677. The normalized spacial score (nSPS) is 24.1. The first-order valence-electron chi connectivity index (χ1n) is 24.4. The van der Waals surface area contributed by atoms with E-state index in [0.29, 0.717) is 53.8 Å². The molecular weight excluding hydrogens is 884 g/mol. The molecule has 3 unspecified atom stereocenters. The first-order valence-corrected chi connectivity index (χ1v) is 24.4. The highest BCUT2D eigenvalue weighted by molar-refractivity contribution is 6.23. The number of piperazine rings is 2. The van der Waals surface area contributed by atoms with Crippen molar-refractivity contribution >= 4 is 51.1 Å². The van der Waals surface area contributed by atoms with E-state index < -0.39 is 35.5 Å². The molecule has 1 aliphatic carbocycles. The summed E-state index contributed by atoms with van der Waals surface area (Å²) in [5, 5.41) is 18.8. The largest absolute Gasteiger partial charge is 0.508 e. The van der Waals surface area contributed by atoms with Gasteiger partial charge in [0.2, 0.25) is 11.8 Å². The minimum Gasteiger partial charge on any atom is -0.508 e. The van der Waals surface area contributed by atoms with Crippen molar-refractivity contribution in [3.8, 4) is 28.8 Å². The van der Waals surface area contributed by atoms with Crippen molar-refractivity contribution < 1.29 is 38.1 Å². The van der Waals surface area contributed by atoms with E-state index in [-0.39, 0.29) is 53.0 Å². The lowest BCUT2D eigenvalue weighted by Crippen LogP contribution is -2.54. The molecule has 4 amide bonds. The van der Waals surface area contributed by atoms with Crippen LogP contribution in [0.1, 0.15) is 71.7 Å². The molecule has 6 aliphatic rings. The summed E-state index contributed by atoms with van der Waals surface area (Å²) in [5.41, 5.74) is 2.28. The Bertz CT molecular complexity index is 2860. The number of anilines is 1. The van der Waals surface area contributed by atoms with Crippen molar-refractivity contribution in [2.24, 2.45) is 0 Å². The molecule has 4 saturated heterocycles. The van der Waals surface area contributed by atoms with E-state index in [2.05, 4.69) is 44.2 Å². The molecule has 11 rings (SSSR count). The highest BCUT2D eigenvalue weighted by Gasteiger charge is 2.45. The van der Waals surface area contributed by atoms with Gasteiger partial charge in [0.1, 0.15) is 47.3 Å². The summed E-state index contributed by atoms with van der Waals surface area (Å²) in [5.74, 6) is -1.51. The number of likely N-dealkylation sites (N-methyl/N-ethyl adjacent to an activating group) is 1. The Morgan fingerprint density at radius 3 is 2.39 bits per heavy atom. The van der Waals surface area contributed by atoms with E-state index >= 15 is 4.39 Å². The molecule has 7 heterocycles. The van der Waals surface area contributed by atoms with Crippen LogP contribution in [-0.4, -0.2) is 166 Å². The number of phenolic OH excluding ortho intramolecular Hbond substituents is 1. The molecular formula is C51H57FN10O7. The molecule has 2 bridgehead atoms. The smallest absolute Gasteiger partial charge is 0.319 e. The molecule has 3 atom stereocenters. The quantitative estimate of drug-likeness (QED) is 0.135. The number of imide groups is 2. The maximum absolute atomic E-state index is 17.0. The number of phenols is 1. The van der Waals surface area contributed by atoms with Crippen LogP contribution in [0.4, 0.5) is 10.2 Å². The van der Waals surface area contributed by atoms with Crippen LogP contribution >= 0.6 is 0 Å². The van der Waals surface area contributed by atoms with Crippen molar-refractivity contribution in [1.29, 1.82) is 0 Å². The number of nitrogens with zero attached hydrogens (tertiary/aromatic N) is 8. The maximum atomic E-state index is 17.0. The number of halogens is 1. The van der Waals surface area contributed by atoms with Gasteiger partial charge in [0.05, 0.1) is 16.5 Å². The van der Waals surface area contributed by atoms with Crippen molar-refractivity contribution in [2.75, 3.05) is 77.5 Å². The van der Waals surface area contributed by atoms with E-state index in [1.807, 2.05) is 18.2 Å². The Labute approximate surface area is 398 Å². The van der Waals surface area contributed by atoms with Gasteiger partial charge in [-0.25, -0.2) is 4.39 Å². The molecule has 69 heavy (non-hydrogen) atoms. The van der Waals surface area contributed by atoms with Crippen LogP contribution in [0.3, 0.4) is 0 Å². The molecule has 5 aromatic rings. The summed E-state index contributed by atoms with van der Waals surface area (Å²) in [6, 6.07) is 14.2.